The Kier molecular flexibility index (Phi) is 3.62. The normalized spacial score (nSPS) is 15.5. The Morgan fingerprint density at radius 3 is 2.71 bits per heavy atom. The number of rotatable bonds is 2. The first-order valence-corrected chi connectivity index (χ1v) is 8.44. The highest BCUT2D eigenvalue weighted by Gasteiger charge is 2.32. The van der Waals surface area contributed by atoms with Crippen molar-refractivity contribution < 1.29 is 9.53 Å². The zero-order valence-corrected chi connectivity index (χ0v) is 14.0. The van der Waals surface area contributed by atoms with E-state index in [0.717, 1.165) is 32.0 Å². The van der Waals surface area contributed by atoms with Crippen LogP contribution in [-0.2, 0) is 9.53 Å². The standard InChI is InChI=1S/C20H15NO2S/c1-12(20(22)23-2)18-14-8-4-6-10-17(14)24-19-15(18)11-13-7-3-5-9-16(13)21-19/h3-11,18H,1H2,2H3. The van der Waals surface area contributed by atoms with Crippen molar-refractivity contribution in [2.24, 2.45) is 0 Å². The smallest absolute Gasteiger partial charge is 0.334 e. The molecule has 1 unspecified atom stereocenters. The van der Waals surface area contributed by atoms with Crippen molar-refractivity contribution >= 4 is 28.6 Å². The molecule has 0 amide bonds. The molecule has 118 valence electrons. The summed E-state index contributed by atoms with van der Waals surface area (Å²) < 4.78 is 4.92. The van der Waals surface area contributed by atoms with E-state index < -0.39 is 0 Å². The summed E-state index contributed by atoms with van der Waals surface area (Å²) in [6, 6.07) is 18.2. The number of para-hydroxylation sites is 1. The molecule has 0 aliphatic carbocycles. The van der Waals surface area contributed by atoms with Crippen LogP contribution in [0.2, 0.25) is 0 Å². The Bertz CT molecular complexity index is 980. The molecule has 3 aromatic rings. The van der Waals surface area contributed by atoms with E-state index in [0.29, 0.717) is 5.57 Å². The Morgan fingerprint density at radius 1 is 1.12 bits per heavy atom. The van der Waals surface area contributed by atoms with E-state index in [1.54, 1.807) is 11.8 Å². The molecule has 4 rings (SSSR count). The van der Waals surface area contributed by atoms with Gasteiger partial charge in [0.2, 0.25) is 0 Å². The second-order valence-corrected chi connectivity index (χ2v) is 6.70. The fourth-order valence-electron chi connectivity index (χ4n) is 3.11. The number of carbonyl (C=O) groups excluding carboxylic acids is 1. The lowest BCUT2D eigenvalue weighted by Gasteiger charge is -2.28. The average Bonchev–Trinajstić information content (AvgIpc) is 2.63. The van der Waals surface area contributed by atoms with Gasteiger partial charge in [-0.25, -0.2) is 9.78 Å². The summed E-state index contributed by atoms with van der Waals surface area (Å²) in [5.41, 5.74) is 3.46. The number of esters is 1. The maximum absolute atomic E-state index is 12.1. The zero-order chi connectivity index (χ0) is 16.7. The first-order chi connectivity index (χ1) is 11.7. The predicted octanol–water partition coefficient (Wildman–Crippen LogP) is 4.56. The lowest BCUT2D eigenvalue weighted by Crippen LogP contribution is -2.17. The van der Waals surface area contributed by atoms with Gasteiger partial charge in [0.25, 0.3) is 0 Å². The van der Waals surface area contributed by atoms with Crippen LogP contribution in [0.4, 0.5) is 0 Å². The fourth-order valence-corrected chi connectivity index (χ4v) is 4.21. The molecule has 0 fully saturated rings. The van der Waals surface area contributed by atoms with Gasteiger partial charge >= 0.3 is 5.97 Å². The number of pyridine rings is 1. The van der Waals surface area contributed by atoms with E-state index in [1.165, 1.54) is 7.11 Å². The van der Waals surface area contributed by atoms with Crippen molar-refractivity contribution in [3.05, 3.63) is 77.9 Å². The van der Waals surface area contributed by atoms with Gasteiger partial charge in [-0.2, -0.15) is 0 Å². The average molecular weight is 333 g/mol. The van der Waals surface area contributed by atoms with Crippen molar-refractivity contribution in [3.8, 4) is 0 Å². The monoisotopic (exact) mass is 333 g/mol. The predicted molar refractivity (Wildman–Crippen MR) is 95.3 cm³/mol. The molecule has 4 heteroatoms. The van der Waals surface area contributed by atoms with Crippen LogP contribution in [0.5, 0.6) is 0 Å². The number of fused-ring (bicyclic) bond motifs is 3. The molecule has 1 aliphatic heterocycles. The Morgan fingerprint density at radius 2 is 1.88 bits per heavy atom. The van der Waals surface area contributed by atoms with Crippen LogP contribution in [0.3, 0.4) is 0 Å². The zero-order valence-electron chi connectivity index (χ0n) is 13.2. The van der Waals surface area contributed by atoms with Crippen LogP contribution >= 0.6 is 11.8 Å². The number of hydrogen-bond donors (Lipinski definition) is 0. The minimum Gasteiger partial charge on any atom is -0.466 e. The van der Waals surface area contributed by atoms with Crippen molar-refractivity contribution in [2.45, 2.75) is 15.8 Å². The third-order valence-electron chi connectivity index (χ3n) is 4.26. The lowest BCUT2D eigenvalue weighted by atomic mass is 9.85. The Labute approximate surface area is 144 Å². The second kappa shape index (κ2) is 5.80. The SMILES string of the molecule is C=C(C(=O)OC)C1c2ccccc2Sc2nc3ccccc3cc21. The number of aromatic nitrogens is 1. The van der Waals surface area contributed by atoms with Crippen molar-refractivity contribution in [2.75, 3.05) is 7.11 Å². The largest absolute Gasteiger partial charge is 0.466 e. The molecule has 3 nitrogen and oxygen atoms in total. The molecular weight excluding hydrogens is 318 g/mol. The third-order valence-corrected chi connectivity index (χ3v) is 5.37. The van der Waals surface area contributed by atoms with Crippen molar-refractivity contribution in [1.29, 1.82) is 0 Å². The quantitative estimate of drug-likeness (QED) is 0.509. The highest BCUT2D eigenvalue weighted by Crippen LogP contribution is 2.48. The molecular formula is C20H15NO2S. The van der Waals surface area contributed by atoms with Gasteiger partial charge in [-0.15, -0.1) is 0 Å². The summed E-state index contributed by atoms with van der Waals surface area (Å²) >= 11 is 1.63. The van der Waals surface area contributed by atoms with E-state index in [1.807, 2.05) is 42.5 Å². The molecule has 0 bridgehead atoms. The van der Waals surface area contributed by atoms with Crippen molar-refractivity contribution in [3.63, 3.8) is 0 Å². The number of nitrogens with zero attached hydrogens (tertiary/aromatic N) is 1. The van der Waals surface area contributed by atoms with Crippen LogP contribution < -0.4 is 0 Å². The number of methoxy groups -OCH3 is 1. The van der Waals surface area contributed by atoms with E-state index in [-0.39, 0.29) is 11.9 Å². The minimum atomic E-state index is -0.388. The topological polar surface area (TPSA) is 39.2 Å². The molecule has 1 aliphatic rings. The molecule has 0 saturated heterocycles. The van der Waals surface area contributed by atoms with Gasteiger partial charge in [-0.1, -0.05) is 54.7 Å². The van der Waals surface area contributed by atoms with Gasteiger partial charge in [-0.3, -0.25) is 0 Å². The second-order valence-electron chi connectivity index (χ2n) is 5.67. The van der Waals surface area contributed by atoms with Crippen LogP contribution in [0.15, 0.2) is 76.7 Å². The van der Waals surface area contributed by atoms with Gasteiger partial charge in [0.05, 0.1) is 12.6 Å². The number of benzene rings is 2. The first-order valence-electron chi connectivity index (χ1n) is 7.62. The molecule has 2 heterocycles. The number of ether oxygens (including phenoxy) is 1. The molecule has 2 aromatic carbocycles. The summed E-state index contributed by atoms with van der Waals surface area (Å²) in [5, 5.41) is 1.97. The Balaban J connectivity index is 1.97. The van der Waals surface area contributed by atoms with Crippen LogP contribution in [0.25, 0.3) is 10.9 Å². The van der Waals surface area contributed by atoms with E-state index in [9.17, 15) is 4.79 Å². The highest BCUT2D eigenvalue weighted by molar-refractivity contribution is 7.99. The molecule has 0 spiro atoms. The maximum atomic E-state index is 12.1. The van der Waals surface area contributed by atoms with Gasteiger partial charge in [0.1, 0.15) is 5.03 Å². The lowest BCUT2D eigenvalue weighted by molar-refractivity contribution is -0.136. The van der Waals surface area contributed by atoms with Crippen LogP contribution in [-0.4, -0.2) is 18.1 Å². The van der Waals surface area contributed by atoms with Gasteiger partial charge in [0.15, 0.2) is 0 Å². The van der Waals surface area contributed by atoms with Crippen molar-refractivity contribution in [1.82, 2.24) is 4.98 Å². The highest BCUT2D eigenvalue weighted by atomic mass is 32.2. The summed E-state index contributed by atoms with van der Waals surface area (Å²) in [7, 11) is 1.39. The fraction of sp³-hybridized carbons (Fsp3) is 0.100. The van der Waals surface area contributed by atoms with Gasteiger partial charge in [0, 0.05) is 21.8 Å². The molecule has 1 atom stereocenters. The first kappa shape index (κ1) is 15.0. The van der Waals surface area contributed by atoms with E-state index in [2.05, 4.69) is 18.7 Å². The minimum absolute atomic E-state index is 0.234. The van der Waals surface area contributed by atoms with Gasteiger partial charge in [-0.05, 0) is 29.3 Å². The summed E-state index contributed by atoms with van der Waals surface area (Å²) in [6.07, 6.45) is 0. The van der Waals surface area contributed by atoms with Crippen LogP contribution in [0, 0.1) is 0 Å². The summed E-state index contributed by atoms with van der Waals surface area (Å²) in [4.78, 5) is 18.0. The number of hydrogen-bond acceptors (Lipinski definition) is 4. The van der Waals surface area contributed by atoms with E-state index >= 15 is 0 Å². The third kappa shape index (κ3) is 2.31. The summed E-state index contributed by atoms with van der Waals surface area (Å²) in [5.74, 6) is -0.622. The molecule has 0 saturated carbocycles. The van der Waals surface area contributed by atoms with Gasteiger partial charge < -0.3 is 4.74 Å². The summed E-state index contributed by atoms with van der Waals surface area (Å²) in [6.45, 7) is 4.02. The number of carbonyl (C=O) groups is 1. The van der Waals surface area contributed by atoms with E-state index in [4.69, 9.17) is 9.72 Å². The van der Waals surface area contributed by atoms with Crippen LogP contribution in [0.1, 0.15) is 17.0 Å². The molecule has 0 N–H and O–H groups in total. The molecule has 0 radical (unpaired) electrons. The Hall–Kier alpha value is -2.59. The molecule has 1 aromatic heterocycles. The maximum Gasteiger partial charge on any atom is 0.334 e. The molecule has 24 heavy (non-hydrogen) atoms.